The maximum Gasteiger partial charge on any atom is 0.490 e. The molecule has 3 atom stereocenters. The fourth-order valence-corrected chi connectivity index (χ4v) is 3.15. The lowest BCUT2D eigenvalue weighted by molar-refractivity contribution is -0.192. The van der Waals surface area contributed by atoms with E-state index in [1.165, 1.54) is 4.90 Å². The predicted molar refractivity (Wildman–Crippen MR) is 94.6 cm³/mol. The molecule has 0 saturated carbocycles. The maximum absolute atomic E-state index is 11.4. The van der Waals surface area contributed by atoms with Gasteiger partial charge in [-0.2, -0.15) is 21.6 Å². The molecule has 1 aromatic carbocycles. The van der Waals surface area contributed by atoms with Crippen molar-refractivity contribution in [1.29, 1.82) is 0 Å². The van der Waals surface area contributed by atoms with Gasteiger partial charge in [0.05, 0.1) is 18.9 Å². The van der Waals surface area contributed by atoms with E-state index in [0.29, 0.717) is 6.42 Å². The van der Waals surface area contributed by atoms with Crippen LogP contribution in [0.15, 0.2) is 30.3 Å². The van der Waals surface area contributed by atoms with Crippen LogP contribution >= 0.6 is 0 Å². The third-order valence-electron chi connectivity index (χ3n) is 4.09. The zero-order valence-electron chi connectivity index (χ0n) is 15.2. The van der Waals surface area contributed by atoms with Crippen molar-refractivity contribution in [3.63, 3.8) is 0 Å². The fraction of sp³-hybridized carbons (Fsp3) is 0.500. The number of carboxylic acid groups (broad SMARTS) is 2. The van der Waals surface area contributed by atoms with Crippen LogP contribution in [-0.4, -0.2) is 73.3 Å². The Labute approximate surface area is 165 Å². The first-order valence-electron chi connectivity index (χ1n) is 8.16. The molecule has 1 fully saturated rings. The van der Waals surface area contributed by atoms with Crippen LogP contribution < -0.4 is 5.73 Å². The summed E-state index contributed by atoms with van der Waals surface area (Å²) in [6.07, 6.45) is -4.69. The van der Waals surface area contributed by atoms with Crippen molar-refractivity contribution < 1.29 is 45.6 Å². The number of hydrogen-bond donors (Lipinski definition) is 3. The molecule has 1 aliphatic heterocycles. The lowest BCUT2D eigenvalue weighted by Crippen LogP contribution is -2.44. The van der Waals surface area contributed by atoms with Crippen molar-refractivity contribution in [3.8, 4) is 0 Å². The normalized spacial score (nSPS) is 22.0. The molecule has 1 unspecified atom stereocenters. The van der Waals surface area contributed by atoms with E-state index >= 15 is 0 Å². The van der Waals surface area contributed by atoms with Gasteiger partial charge in [-0.15, -0.1) is 0 Å². The molecule has 2 rings (SSSR count). The van der Waals surface area contributed by atoms with Crippen LogP contribution in [0, 0.1) is 5.92 Å². The number of carboxylic acids is 1. The molecular weight excluding hydrogens is 421 g/mol. The number of nitrogens with two attached hydrogens (primary N) is 1. The van der Waals surface area contributed by atoms with Crippen LogP contribution in [0.4, 0.5) is 18.0 Å². The highest BCUT2D eigenvalue weighted by Gasteiger charge is 2.42. The fourth-order valence-electron chi connectivity index (χ4n) is 2.73. The number of benzene rings is 1. The SMILES string of the molecule is CS(=O)(=O)OC[C@H]1CN(C(=O)O)C(Cc2ccccc2)[C@H]1N.O=C(O)C(F)(F)F. The summed E-state index contributed by atoms with van der Waals surface area (Å²) in [5, 5.41) is 16.5. The molecule has 0 radical (unpaired) electrons. The first-order chi connectivity index (χ1) is 13.2. The third-order valence-corrected chi connectivity index (χ3v) is 4.66. The highest BCUT2D eigenvalue weighted by atomic mass is 32.2. The van der Waals surface area contributed by atoms with Gasteiger partial charge < -0.3 is 20.8 Å². The standard InChI is InChI=1S/C14H20N2O5S.C2HF3O2/c1-22(19,20)21-9-11-8-16(14(17)18)12(13(11)15)7-10-5-3-2-4-6-10;3-2(4,5)1(6)7/h2-6,11-13H,7-9,15H2,1H3,(H,17,18);(H,6,7)/t11-,12?,13+;/m1./s1. The van der Waals surface area contributed by atoms with Gasteiger partial charge in [-0.25, -0.2) is 9.59 Å². The van der Waals surface area contributed by atoms with Crippen molar-refractivity contribution in [2.45, 2.75) is 24.7 Å². The smallest absolute Gasteiger partial charge is 0.475 e. The minimum atomic E-state index is -5.08. The minimum Gasteiger partial charge on any atom is -0.475 e. The Morgan fingerprint density at radius 1 is 1.24 bits per heavy atom. The molecule has 29 heavy (non-hydrogen) atoms. The van der Waals surface area contributed by atoms with Gasteiger partial charge in [0.1, 0.15) is 0 Å². The molecule has 4 N–H and O–H groups in total. The molecular formula is C16H21F3N2O7S. The summed E-state index contributed by atoms with van der Waals surface area (Å²) >= 11 is 0. The molecule has 1 heterocycles. The Morgan fingerprint density at radius 3 is 2.17 bits per heavy atom. The monoisotopic (exact) mass is 442 g/mol. The zero-order chi connectivity index (χ0) is 22.4. The predicted octanol–water partition coefficient (Wildman–Crippen LogP) is 1.14. The molecule has 0 aromatic heterocycles. The van der Waals surface area contributed by atoms with E-state index in [1.54, 1.807) is 0 Å². The van der Waals surface area contributed by atoms with Crippen molar-refractivity contribution in [3.05, 3.63) is 35.9 Å². The van der Waals surface area contributed by atoms with Crippen LogP contribution in [0.5, 0.6) is 0 Å². The average Bonchev–Trinajstić information content (AvgIpc) is 2.89. The second-order valence-electron chi connectivity index (χ2n) is 6.32. The van der Waals surface area contributed by atoms with Gasteiger partial charge in [0.25, 0.3) is 10.1 Å². The van der Waals surface area contributed by atoms with E-state index in [1.807, 2.05) is 30.3 Å². The molecule has 0 spiro atoms. The molecule has 164 valence electrons. The summed E-state index contributed by atoms with van der Waals surface area (Å²) in [6.45, 7) is 0.0680. The first-order valence-corrected chi connectivity index (χ1v) is 9.97. The van der Waals surface area contributed by atoms with Gasteiger partial charge in [0.15, 0.2) is 0 Å². The quantitative estimate of drug-likeness (QED) is 0.575. The highest BCUT2D eigenvalue weighted by Crippen LogP contribution is 2.26. The molecule has 1 aromatic rings. The van der Waals surface area contributed by atoms with E-state index in [2.05, 4.69) is 0 Å². The van der Waals surface area contributed by atoms with Crippen LogP contribution in [0.25, 0.3) is 0 Å². The largest absolute Gasteiger partial charge is 0.490 e. The van der Waals surface area contributed by atoms with Gasteiger partial charge in [0, 0.05) is 18.5 Å². The van der Waals surface area contributed by atoms with Gasteiger partial charge in [-0.05, 0) is 12.0 Å². The van der Waals surface area contributed by atoms with E-state index in [9.17, 15) is 31.5 Å². The Morgan fingerprint density at radius 2 is 1.76 bits per heavy atom. The number of aliphatic carboxylic acids is 1. The van der Waals surface area contributed by atoms with Gasteiger partial charge in [0.2, 0.25) is 0 Å². The first kappa shape index (κ1) is 24.7. The Kier molecular flexibility index (Phi) is 8.41. The molecule has 9 nitrogen and oxygen atoms in total. The van der Waals surface area contributed by atoms with Gasteiger partial charge in [-0.3, -0.25) is 4.18 Å². The van der Waals surface area contributed by atoms with Gasteiger partial charge in [-0.1, -0.05) is 30.3 Å². The average molecular weight is 442 g/mol. The van der Waals surface area contributed by atoms with E-state index in [0.717, 1.165) is 11.8 Å². The molecule has 0 bridgehead atoms. The topological polar surface area (TPSA) is 147 Å². The number of nitrogens with zero attached hydrogens (tertiary/aromatic N) is 1. The number of likely N-dealkylation sites (tertiary alicyclic amines) is 1. The van der Waals surface area contributed by atoms with E-state index in [4.69, 9.17) is 19.8 Å². The molecule has 1 saturated heterocycles. The summed E-state index contributed by atoms with van der Waals surface area (Å²) in [5.74, 6) is -3.10. The lowest BCUT2D eigenvalue weighted by Gasteiger charge is -2.24. The van der Waals surface area contributed by atoms with Gasteiger partial charge >= 0.3 is 18.2 Å². The Balaban J connectivity index is 0.000000516. The number of rotatable bonds is 5. The minimum absolute atomic E-state index is 0.102. The molecule has 1 amide bonds. The van der Waals surface area contributed by atoms with E-state index in [-0.39, 0.29) is 19.1 Å². The summed E-state index contributed by atoms with van der Waals surface area (Å²) in [6, 6.07) is 8.60. The van der Waals surface area contributed by atoms with Crippen LogP contribution in [0.2, 0.25) is 0 Å². The lowest BCUT2D eigenvalue weighted by atomic mass is 9.95. The number of carbonyl (C=O) groups is 2. The Hall–Kier alpha value is -2.38. The van der Waals surface area contributed by atoms with Crippen molar-refractivity contribution >= 4 is 22.2 Å². The second-order valence-corrected chi connectivity index (χ2v) is 7.96. The van der Waals surface area contributed by atoms with Crippen molar-refractivity contribution in [1.82, 2.24) is 4.90 Å². The highest BCUT2D eigenvalue weighted by molar-refractivity contribution is 7.85. The van der Waals surface area contributed by atoms with Crippen molar-refractivity contribution in [2.75, 3.05) is 19.4 Å². The summed E-state index contributed by atoms with van der Waals surface area (Å²) in [5.41, 5.74) is 7.13. The molecule has 0 aliphatic carbocycles. The molecule has 1 aliphatic rings. The van der Waals surface area contributed by atoms with Crippen LogP contribution in [0.3, 0.4) is 0 Å². The maximum atomic E-state index is 11.4. The second kappa shape index (κ2) is 9.89. The van der Waals surface area contributed by atoms with Crippen LogP contribution in [-0.2, 0) is 25.5 Å². The number of hydrogen-bond acceptors (Lipinski definition) is 6. The van der Waals surface area contributed by atoms with Crippen molar-refractivity contribution in [2.24, 2.45) is 11.7 Å². The Bertz CT molecular complexity index is 802. The number of halogens is 3. The number of amides is 1. The zero-order valence-corrected chi connectivity index (χ0v) is 16.1. The summed E-state index contributed by atoms with van der Waals surface area (Å²) in [4.78, 5) is 21.6. The summed E-state index contributed by atoms with van der Waals surface area (Å²) in [7, 11) is -3.57. The summed E-state index contributed by atoms with van der Waals surface area (Å²) < 4.78 is 58.7. The molecule has 13 heteroatoms. The number of alkyl halides is 3. The van der Waals surface area contributed by atoms with E-state index < -0.39 is 40.4 Å². The third kappa shape index (κ3) is 8.25. The van der Waals surface area contributed by atoms with Crippen LogP contribution in [0.1, 0.15) is 5.56 Å².